The second kappa shape index (κ2) is 3.73. The SMILES string of the molecule is CCC[N+]1=Cc2ccccc2CC1. The van der Waals surface area contributed by atoms with Gasteiger partial charge in [0.15, 0.2) is 6.21 Å². The number of hydrogen-bond acceptors (Lipinski definition) is 0. The van der Waals surface area contributed by atoms with E-state index in [4.69, 9.17) is 0 Å². The lowest BCUT2D eigenvalue weighted by Gasteiger charge is -2.11. The summed E-state index contributed by atoms with van der Waals surface area (Å²) in [7, 11) is 0. The summed E-state index contributed by atoms with van der Waals surface area (Å²) in [6.07, 6.45) is 4.73. The number of nitrogens with zero attached hydrogens (tertiary/aromatic N) is 1. The summed E-state index contributed by atoms with van der Waals surface area (Å²) in [5.74, 6) is 0. The Hall–Kier alpha value is -1.11. The highest BCUT2D eigenvalue weighted by molar-refractivity contribution is 5.78. The summed E-state index contributed by atoms with van der Waals surface area (Å²) < 4.78 is 2.42. The van der Waals surface area contributed by atoms with Crippen LogP contribution in [0.4, 0.5) is 0 Å². The zero-order chi connectivity index (χ0) is 9.10. The minimum Gasteiger partial charge on any atom is -0.235 e. The summed E-state index contributed by atoms with van der Waals surface area (Å²) in [6.45, 7) is 4.60. The van der Waals surface area contributed by atoms with Crippen molar-refractivity contribution < 1.29 is 4.58 Å². The third-order valence-corrected chi connectivity index (χ3v) is 2.56. The molecule has 2 rings (SSSR count). The van der Waals surface area contributed by atoms with Crippen molar-refractivity contribution in [1.29, 1.82) is 0 Å². The van der Waals surface area contributed by atoms with Gasteiger partial charge in [0, 0.05) is 18.4 Å². The van der Waals surface area contributed by atoms with Crippen LogP contribution < -0.4 is 0 Å². The molecule has 1 nitrogen and oxygen atoms in total. The molecule has 0 amide bonds. The van der Waals surface area contributed by atoms with Crippen LogP contribution in [0.5, 0.6) is 0 Å². The Morgan fingerprint density at radius 2 is 2.15 bits per heavy atom. The van der Waals surface area contributed by atoms with Crippen molar-refractivity contribution in [2.45, 2.75) is 19.8 Å². The van der Waals surface area contributed by atoms with Gasteiger partial charge >= 0.3 is 0 Å². The van der Waals surface area contributed by atoms with Gasteiger partial charge in [-0.15, -0.1) is 0 Å². The minimum absolute atomic E-state index is 1.19. The molecule has 0 fully saturated rings. The van der Waals surface area contributed by atoms with Crippen LogP contribution in [0.15, 0.2) is 24.3 Å². The van der Waals surface area contributed by atoms with E-state index in [9.17, 15) is 0 Å². The van der Waals surface area contributed by atoms with E-state index < -0.39 is 0 Å². The first-order valence-corrected chi connectivity index (χ1v) is 5.07. The Bertz CT molecular complexity index is 326. The maximum absolute atomic E-state index is 2.42. The van der Waals surface area contributed by atoms with Gasteiger partial charge < -0.3 is 0 Å². The summed E-state index contributed by atoms with van der Waals surface area (Å²) in [6, 6.07) is 8.68. The Balaban J connectivity index is 2.28. The molecule has 0 spiro atoms. The molecule has 0 aliphatic carbocycles. The molecule has 1 aromatic carbocycles. The molecule has 0 bridgehead atoms. The molecule has 1 heterocycles. The molecule has 1 aliphatic heterocycles. The van der Waals surface area contributed by atoms with Gasteiger partial charge in [-0.25, -0.2) is 4.58 Å². The van der Waals surface area contributed by atoms with Crippen molar-refractivity contribution in [2.75, 3.05) is 13.1 Å². The molecule has 0 radical (unpaired) electrons. The van der Waals surface area contributed by atoms with Gasteiger partial charge in [0.2, 0.25) is 0 Å². The first-order valence-electron chi connectivity index (χ1n) is 5.07. The van der Waals surface area contributed by atoms with E-state index in [1.54, 1.807) is 0 Å². The van der Waals surface area contributed by atoms with E-state index in [2.05, 4.69) is 42.0 Å². The van der Waals surface area contributed by atoms with E-state index in [0.717, 1.165) is 0 Å². The second-order valence-corrected chi connectivity index (χ2v) is 3.61. The molecule has 0 atom stereocenters. The Labute approximate surface area is 79.7 Å². The van der Waals surface area contributed by atoms with Gasteiger partial charge in [-0.3, -0.25) is 0 Å². The van der Waals surface area contributed by atoms with E-state index in [1.165, 1.54) is 37.1 Å². The lowest BCUT2D eigenvalue weighted by Crippen LogP contribution is -2.23. The topological polar surface area (TPSA) is 3.01 Å². The fraction of sp³-hybridized carbons (Fsp3) is 0.417. The Morgan fingerprint density at radius 1 is 1.31 bits per heavy atom. The van der Waals surface area contributed by atoms with Gasteiger partial charge in [-0.05, 0) is 11.6 Å². The number of rotatable bonds is 2. The first kappa shape index (κ1) is 8.49. The lowest BCUT2D eigenvalue weighted by atomic mass is 10.0. The average Bonchev–Trinajstić information content (AvgIpc) is 2.18. The van der Waals surface area contributed by atoms with Crippen LogP contribution in [0.2, 0.25) is 0 Å². The maximum Gasteiger partial charge on any atom is 0.170 e. The maximum atomic E-state index is 2.42. The molecule has 68 valence electrons. The average molecular weight is 174 g/mol. The van der Waals surface area contributed by atoms with Crippen LogP contribution >= 0.6 is 0 Å². The van der Waals surface area contributed by atoms with Crippen LogP contribution in [0.1, 0.15) is 24.5 Å². The molecule has 0 N–H and O–H groups in total. The van der Waals surface area contributed by atoms with Crippen molar-refractivity contribution in [3.05, 3.63) is 35.4 Å². The van der Waals surface area contributed by atoms with E-state index >= 15 is 0 Å². The summed E-state index contributed by atoms with van der Waals surface area (Å²) >= 11 is 0. The lowest BCUT2D eigenvalue weighted by molar-refractivity contribution is -0.524. The van der Waals surface area contributed by atoms with Crippen molar-refractivity contribution in [3.63, 3.8) is 0 Å². The molecular formula is C12H16N+. The van der Waals surface area contributed by atoms with Gasteiger partial charge in [0.25, 0.3) is 0 Å². The number of fused-ring (bicyclic) bond motifs is 1. The molecule has 0 aromatic heterocycles. The van der Waals surface area contributed by atoms with E-state index in [1.807, 2.05) is 0 Å². The van der Waals surface area contributed by atoms with Gasteiger partial charge in [-0.2, -0.15) is 0 Å². The molecule has 1 heteroatoms. The Morgan fingerprint density at radius 3 is 3.00 bits per heavy atom. The van der Waals surface area contributed by atoms with Crippen molar-refractivity contribution in [1.82, 2.24) is 0 Å². The fourth-order valence-electron chi connectivity index (χ4n) is 1.88. The summed E-state index contributed by atoms with van der Waals surface area (Å²) in [5.41, 5.74) is 2.90. The largest absolute Gasteiger partial charge is 0.235 e. The zero-order valence-electron chi connectivity index (χ0n) is 8.16. The van der Waals surface area contributed by atoms with Crippen LogP contribution in [0.3, 0.4) is 0 Å². The van der Waals surface area contributed by atoms with Gasteiger partial charge in [0.05, 0.1) is 0 Å². The van der Waals surface area contributed by atoms with Crippen molar-refractivity contribution in [2.24, 2.45) is 0 Å². The predicted molar refractivity (Wildman–Crippen MR) is 55.6 cm³/mol. The smallest absolute Gasteiger partial charge is 0.170 e. The number of benzene rings is 1. The minimum atomic E-state index is 1.19. The molecule has 1 aromatic rings. The van der Waals surface area contributed by atoms with Gasteiger partial charge in [-0.1, -0.05) is 25.1 Å². The fourth-order valence-corrected chi connectivity index (χ4v) is 1.88. The standard InChI is InChI=1S/C12H16N/c1-2-8-13-9-7-11-5-3-4-6-12(11)10-13/h3-6,10H,2,7-9H2,1H3/q+1. The monoisotopic (exact) mass is 174 g/mol. The highest BCUT2D eigenvalue weighted by Gasteiger charge is 2.13. The molecule has 13 heavy (non-hydrogen) atoms. The third-order valence-electron chi connectivity index (χ3n) is 2.56. The van der Waals surface area contributed by atoms with Crippen LogP contribution in [0.25, 0.3) is 0 Å². The number of hydrogen-bond donors (Lipinski definition) is 0. The summed E-state index contributed by atoms with van der Waals surface area (Å²) in [5, 5.41) is 0. The van der Waals surface area contributed by atoms with Crippen molar-refractivity contribution in [3.8, 4) is 0 Å². The third kappa shape index (κ3) is 1.80. The quantitative estimate of drug-likeness (QED) is 0.604. The van der Waals surface area contributed by atoms with Crippen LogP contribution in [-0.2, 0) is 6.42 Å². The second-order valence-electron chi connectivity index (χ2n) is 3.61. The van der Waals surface area contributed by atoms with Crippen LogP contribution in [-0.4, -0.2) is 23.9 Å². The Kier molecular flexibility index (Phi) is 2.44. The normalized spacial score (nSPS) is 15.0. The predicted octanol–water partition coefficient (Wildman–Crippen LogP) is 2.08. The van der Waals surface area contributed by atoms with Crippen LogP contribution in [0, 0.1) is 0 Å². The summed E-state index contributed by atoms with van der Waals surface area (Å²) in [4.78, 5) is 0. The van der Waals surface area contributed by atoms with Crippen molar-refractivity contribution >= 4 is 6.21 Å². The molecule has 0 saturated heterocycles. The van der Waals surface area contributed by atoms with Gasteiger partial charge in [0.1, 0.15) is 13.1 Å². The van der Waals surface area contributed by atoms with E-state index in [0.29, 0.717) is 0 Å². The molecule has 1 aliphatic rings. The molecule has 0 saturated carbocycles. The molecular weight excluding hydrogens is 158 g/mol. The highest BCUT2D eigenvalue weighted by Crippen LogP contribution is 2.10. The first-order chi connectivity index (χ1) is 6.40. The zero-order valence-corrected chi connectivity index (χ0v) is 8.16. The highest BCUT2D eigenvalue weighted by atomic mass is 15.0. The van der Waals surface area contributed by atoms with E-state index in [-0.39, 0.29) is 0 Å². The molecule has 0 unspecified atom stereocenters.